The Kier molecular flexibility index (Phi) is 3.46. The number of hydrogen-bond donors (Lipinski definition) is 1. The Bertz CT molecular complexity index is 365. The molecule has 0 heterocycles. The van der Waals surface area contributed by atoms with Gasteiger partial charge in [-0.1, -0.05) is 15.9 Å². The Hall–Kier alpha value is -1.10. The highest BCUT2D eigenvalue weighted by atomic mass is 79.9. The second kappa shape index (κ2) is 4.41. The lowest BCUT2D eigenvalue weighted by atomic mass is 10.1. The van der Waals surface area contributed by atoms with E-state index in [0.29, 0.717) is 0 Å². The van der Waals surface area contributed by atoms with Crippen molar-refractivity contribution in [2.45, 2.75) is 0 Å². The third kappa shape index (κ3) is 1.87. The standard InChI is InChI=1S/C9H8BrFO3/c1-14-7-3-2-5(6(12)4-10)8(11)9(7)13/h2-3,13H,4H2,1H3. The largest absolute Gasteiger partial charge is 0.502 e. The summed E-state index contributed by atoms with van der Waals surface area (Å²) in [6, 6.07) is 2.62. The summed E-state index contributed by atoms with van der Waals surface area (Å²) in [5.41, 5.74) is -0.153. The van der Waals surface area contributed by atoms with Crippen LogP contribution in [0.3, 0.4) is 0 Å². The molecule has 0 spiro atoms. The molecule has 76 valence electrons. The van der Waals surface area contributed by atoms with Gasteiger partial charge in [-0.05, 0) is 12.1 Å². The molecule has 0 aliphatic rings. The third-order valence-corrected chi connectivity index (χ3v) is 2.23. The van der Waals surface area contributed by atoms with Gasteiger partial charge in [0.2, 0.25) is 0 Å². The number of aromatic hydroxyl groups is 1. The minimum atomic E-state index is -0.950. The predicted molar refractivity (Wildman–Crippen MR) is 52.7 cm³/mol. The normalized spacial score (nSPS) is 9.93. The number of carbonyl (C=O) groups excluding carboxylic acids is 1. The highest BCUT2D eigenvalue weighted by Gasteiger charge is 2.17. The van der Waals surface area contributed by atoms with E-state index < -0.39 is 17.3 Å². The lowest BCUT2D eigenvalue weighted by molar-refractivity contribution is 0.101. The van der Waals surface area contributed by atoms with Crippen molar-refractivity contribution >= 4 is 21.7 Å². The summed E-state index contributed by atoms with van der Waals surface area (Å²) in [7, 11) is 1.31. The Labute approximate surface area is 88.6 Å². The van der Waals surface area contributed by atoms with Crippen molar-refractivity contribution < 1.29 is 19.0 Å². The van der Waals surface area contributed by atoms with E-state index in [-0.39, 0.29) is 16.6 Å². The van der Waals surface area contributed by atoms with Crippen molar-refractivity contribution in [2.24, 2.45) is 0 Å². The minimum absolute atomic E-state index is 0.00798. The van der Waals surface area contributed by atoms with E-state index in [9.17, 15) is 14.3 Å². The molecule has 5 heteroatoms. The number of carbonyl (C=O) groups is 1. The molecule has 1 aromatic carbocycles. The van der Waals surface area contributed by atoms with Crippen molar-refractivity contribution in [1.82, 2.24) is 0 Å². The van der Waals surface area contributed by atoms with Gasteiger partial charge in [0.05, 0.1) is 18.0 Å². The average Bonchev–Trinajstić information content (AvgIpc) is 2.21. The number of phenolic OH excluding ortho intramolecular Hbond substituents is 1. The van der Waals surface area contributed by atoms with Crippen molar-refractivity contribution in [3.8, 4) is 11.5 Å². The molecule has 1 aromatic rings. The number of methoxy groups -OCH3 is 1. The van der Waals surface area contributed by atoms with Crippen LogP contribution in [0.2, 0.25) is 0 Å². The average molecular weight is 263 g/mol. The van der Waals surface area contributed by atoms with Crippen LogP contribution in [0.25, 0.3) is 0 Å². The molecule has 0 bridgehead atoms. The van der Waals surface area contributed by atoms with Gasteiger partial charge in [-0.25, -0.2) is 4.39 Å². The number of ketones is 1. The zero-order valence-electron chi connectivity index (χ0n) is 7.38. The molecule has 1 rings (SSSR count). The Morgan fingerprint density at radius 3 is 2.79 bits per heavy atom. The van der Waals surface area contributed by atoms with E-state index in [1.165, 1.54) is 19.2 Å². The number of rotatable bonds is 3. The van der Waals surface area contributed by atoms with Crippen LogP contribution in [0.1, 0.15) is 10.4 Å². The van der Waals surface area contributed by atoms with Crippen LogP contribution in [0.4, 0.5) is 4.39 Å². The van der Waals surface area contributed by atoms with Gasteiger partial charge in [-0.2, -0.15) is 0 Å². The number of halogens is 2. The van der Waals surface area contributed by atoms with Crippen LogP contribution in [0, 0.1) is 5.82 Å². The van der Waals surface area contributed by atoms with Crippen molar-refractivity contribution in [3.05, 3.63) is 23.5 Å². The van der Waals surface area contributed by atoms with Crippen LogP contribution in [-0.4, -0.2) is 23.3 Å². The number of alkyl halides is 1. The van der Waals surface area contributed by atoms with Crippen molar-refractivity contribution in [2.75, 3.05) is 12.4 Å². The van der Waals surface area contributed by atoms with E-state index >= 15 is 0 Å². The Morgan fingerprint density at radius 2 is 2.29 bits per heavy atom. The fraction of sp³-hybridized carbons (Fsp3) is 0.222. The zero-order chi connectivity index (χ0) is 10.7. The Balaban J connectivity index is 3.24. The monoisotopic (exact) mass is 262 g/mol. The predicted octanol–water partition coefficient (Wildman–Crippen LogP) is 2.12. The fourth-order valence-corrected chi connectivity index (χ4v) is 1.30. The molecule has 0 unspecified atom stereocenters. The number of hydrogen-bond acceptors (Lipinski definition) is 3. The van der Waals surface area contributed by atoms with Crippen molar-refractivity contribution in [1.29, 1.82) is 0 Å². The first kappa shape index (κ1) is 11.0. The van der Waals surface area contributed by atoms with Gasteiger partial charge < -0.3 is 9.84 Å². The zero-order valence-corrected chi connectivity index (χ0v) is 8.97. The molecule has 0 atom stereocenters. The maximum absolute atomic E-state index is 13.3. The number of ether oxygens (including phenoxy) is 1. The number of Topliss-reactive ketones (excluding diaryl/α,β-unsaturated/α-hetero) is 1. The van der Waals surface area contributed by atoms with Crippen molar-refractivity contribution in [3.63, 3.8) is 0 Å². The smallest absolute Gasteiger partial charge is 0.195 e. The van der Waals surface area contributed by atoms with Gasteiger partial charge in [0, 0.05) is 0 Å². The summed E-state index contributed by atoms with van der Waals surface area (Å²) < 4.78 is 18.0. The first-order valence-corrected chi connectivity index (χ1v) is 4.88. The van der Waals surface area contributed by atoms with E-state index in [4.69, 9.17) is 0 Å². The van der Waals surface area contributed by atoms with E-state index in [2.05, 4.69) is 20.7 Å². The number of phenols is 1. The first-order valence-electron chi connectivity index (χ1n) is 3.76. The van der Waals surface area contributed by atoms with Gasteiger partial charge in [-0.3, -0.25) is 4.79 Å². The van der Waals surface area contributed by atoms with Gasteiger partial charge in [0.25, 0.3) is 0 Å². The maximum atomic E-state index is 13.3. The minimum Gasteiger partial charge on any atom is -0.502 e. The SMILES string of the molecule is COc1ccc(C(=O)CBr)c(F)c1O. The molecule has 0 amide bonds. The molecule has 3 nitrogen and oxygen atoms in total. The van der Waals surface area contributed by atoms with E-state index in [0.717, 1.165) is 0 Å². The molecule has 0 saturated carbocycles. The summed E-state index contributed by atoms with van der Waals surface area (Å²) >= 11 is 2.92. The van der Waals surface area contributed by atoms with Gasteiger partial charge in [0.15, 0.2) is 23.1 Å². The third-order valence-electron chi connectivity index (χ3n) is 1.72. The molecule has 1 N–H and O–H groups in total. The fourth-order valence-electron chi connectivity index (χ4n) is 0.999. The summed E-state index contributed by atoms with van der Waals surface area (Å²) in [6.45, 7) is 0. The Morgan fingerprint density at radius 1 is 1.64 bits per heavy atom. The van der Waals surface area contributed by atoms with Gasteiger partial charge in [-0.15, -0.1) is 0 Å². The molecule has 0 fully saturated rings. The summed E-state index contributed by atoms with van der Waals surface area (Å²) in [5, 5.41) is 9.26. The second-order valence-corrected chi connectivity index (χ2v) is 3.10. The topological polar surface area (TPSA) is 46.5 Å². The molecule has 0 saturated heterocycles. The summed E-state index contributed by atoms with van der Waals surface area (Å²) in [6.07, 6.45) is 0. The van der Waals surface area contributed by atoms with Crippen LogP contribution < -0.4 is 4.74 Å². The summed E-state index contributed by atoms with van der Waals surface area (Å²) in [4.78, 5) is 11.1. The molecule has 0 aliphatic carbocycles. The second-order valence-electron chi connectivity index (χ2n) is 2.53. The maximum Gasteiger partial charge on any atom is 0.195 e. The van der Waals surface area contributed by atoms with E-state index in [1.807, 2.05) is 0 Å². The highest BCUT2D eigenvalue weighted by molar-refractivity contribution is 9.09. The molecule has 14 heavy (non-hydrogen) atoms. The van der Waals surface area contributed by atoms with Crippen LogP contribution in [0.5, 0.6) is 11.5 Å². The number of benzene rings is 1. The molecular formula is C9H8BrFO3. The quantitative estimate of drug-likeness (QED) is 0.671. The van der Waals surface area contributed by atoms with Crippen LogP contribution in [-0.2, 0) is 0 Å². The van der Waals surface area contributed by atoms with Gasteiger partial charge >= 0.3 is 0 Å². The lowest BCUT2D eigenvalue weighted by Crippen LogP contribution is -2.03. The highest BCUT2D eigenvalue weighted by Crippen LogP contribution is 2.30. The van der Waals surface area contributed by atoms with E-state index in [1.54, 1.807) is 0 Å². The molecule has 0 radical (unpaired) electrons. The molecular weight excluding hydrogens is 255 g/mol. The lowest BCUT2D eigenvalue weighted by Gasteiger charge is -2.06. The molecule has 0 aromatic heterocycles. The van der Waals surface area contributed by atoms with Gasteiger partial charge in [0.1, 0.15) is 0 Å². The molecule has 0 aliphatic heterocycles. The first-order chi connectivity index (χ1) is 6.61. The van der Waals surface area contributed by atoms with Crippen LogP contribution >= 0.6 is 15.9 Å². The summed E-state index contributed by atoms with van der Waals surface area (Å²) in [5.74, 6) is -2.01. The van der Waals surface area contributed by atoms with Crippen LogP contribution in [0.15, 0.2) is 12.1 Å².